The molecule has 89 heavy (non-hydrogen) atoms. The van der Waals surface area contributed by atoms with Gasteiger partial charge in [0.2, 0.25) is 23.8 Å². The highest BCUT2D eigenvalue weighted by Crippen LogP contribution is 2.55. The Balaban J connectivity index is 0.768. The third-order valence-electron chi connectivity index (χ3n) is 14.6. The fourth-order valence-electron chi connectivity index (χ4n) is 10.5. The average molecular weight is 1310 g/mol. The minimum atomic E-state index is -5.69. The van der Waals surface area contributed by atoms with Crippen molar-refractivity contribution in [2.24, 2.45) is 0 Å². The van der Waals surface area contributed by atoms with Gasteiger partial charge in [0.15, 0.2) is 92.8 Å². The van der Waals surface area contributed by atoms with Crippen LogP contribution < -0.4 is 45.9 Å². The van der Waals surface area contributed by atoms with Crippen LogP contribution in [0.3, 0.4) is 0 Å². The summed E-state index contributed by atoms with van der Waals surface area (Å²) in [5, 5.41) is 66.9. The number of hydrogen-bond donors (Lipinski definition) is 17. The minimum absolute atomic E-state index is 0.000152. The number of anilines is 8. The molecule has 4 fully saturated rings. The van der Waals surface area contributed by atoms with Crippen LogP contribution in [0.1, 0.15) is 24.9 Å². The summed E-state index contributed by atoms with van der Waals surface area (Å²) in [5.41, 5.74) is 48.0. The summed E-state index contributed by atoms with van der Waals surface area (Å²) in [6.45, 7) is -4.14. The summed E-state index contributed by atoms with van der Waals surface area (Å²) in [7, 11) is -16.7. The molecule has 25 N–H and O–H groups in total. The number of rotatable bonds is 20. The molecule has 4 aliphatic heterocycles. The number of nitrogens with zero attached hydrogens (tertiary/aromatic N) is 16. The molecule has 12 rings (SSSR count). The Labute approximate surface area is 493 Å². The molecule has 0 radical (unpaired) electrons. The highest BCUT2D eigenvalue weighted by molar-refractivity contribution is 7.48. The van der Waals surface area contributed by atoms with Crippen LogP contribution in [-0.2, 0) is 59.8 Å². The molecule has 19 atom stereocenters. The third kappa shape index (κ3) is 11.1. The van der Waals surface area contributed by atoms with Crippen LogP contribution in [0.4, 0.5) is 47.1 Å². The number of phosphoric acid groups is 3. The number of aliphatic hydroxyl groups is 6. The Kier molecular flexibility index (Phi) is 16.0. The van der Waals surface area contributed by atoms with E-state index >= 15 is 0 Å². The zero-order valence-electron chi connectivity index (χ0n) is 44.8. The van der Waals surface area contributed by atoms with Crippen molar-refractivity contribution in [1.82, 2.24) is 78.1 Å². The molecule has 3 unspecified atom stereocenters. The molecule has 0 bridgehead atoms. The quantitative estimate of drug-likeness (QED) is 0.0316. The van der Waals surface area contributed by atoms with E-state index in [1.807, 2.05) is 0 Å². The fourth-order valence-corrected chi connectivity index (χ4v) is 13.3. The minimum Gasteiger partial charge on any atom is -0.394 e. The van der Waals surface area contributed by atoms with Crippen molar-refractivity contribution >= 4 is 115 Å². The third-order valence-corrected chi connectivity index (χ3v) is 17.5. The first kappa shape index (κ1) is 61.8. The van der Waals surface area contributed by atoms with Crippen LogP contribution in [0.15, 0.2) is 25.3 Å². The first-order valence-electron chi connectivity index (χ1n) is 25.7. The van der Waals surface area contributed by atoms with E-state index in [2.05, 4.69) is 59.8 Å². The van der Waals surface area contributed by atoms with Crippen LogP contribution in [0.5, 0.6) is 0 Å². The molecule has 49 heteroatoms. The maximum atomic E-state index is 14.2. The zero-order valence-corrected chi connectivity index (χ0v) is 47.5. The zero-order chi connectivity index (χ0) is 63.5. The van der Waals surface area contributed by atoms with E-state index in [4.69, 9.17) is 92.0 Å². The summed E-state index contributed by atoms with van der Waals surface area (Å²) in [4.78, 5) is 82.1. The lowest BCUT2D eigenvalue weighted by molar-refractivity contribution is -0.0647. The molecule has 0 aliphatic carbocycles. The summed E-state index contributed by atoms with van der Waals surface area (Å²) in [6, 6.07) is 0. The smallest absolute Gasteiger partial charge is 0.394 e. The first-order valence-corrected chi connectivity index (χ1v) is 30.2. The molecule has 4 saturated heterocycles. The number of imidazole rings is 4. The van der Waals surface area contributed by atoms with Gasteiger partial charge >= 0.3 is 23.5 Å². The van der Waals surface area contributed by atoms with E-state index in [1.54, 1.807) is 0 Å². The molecule has 4 aliphatic rings. The molecule has 0 saturated carbocycles. The summed E-state index contributed by atoms with van der Waals surface area (Å²) in [6.07, 6.45) is -25.5. The molecule has 480 valence electrons. The number of nitrogens with two attached hydrogens (primary N) is 8. The van der Waals surface area contributed by atoms with Crippen LogP contribution >= 0.6 is 23.5 Å². The maximum absolute atomic E-state index is 14.2. The second-order valence-electron chi connectivity index (χ2n) is 20.0. The second-order valence-corrected chi connectivity index (χ2v) is 24.2. The molecule has 0 amide bonds. The van der Waals surface area contributed by atoms with E-state index in [0.29, 0.717) is 0 Å². The van der Waals surface area contributed by atoms with Gasteiger partial charge in [-0.2, -0.15) is 0 Å². The van der Waals surface area contributed by atoms with Crippen molar-refractivity contribution in [2.75, 3.05) is 72.3 Å². The van der Waals surface area contributed by atoms with E-state index < -0.39 is 160 Å². The monoisotopic (exact) mass is 1310 g/mol. The fraction of sp³-hybridized carbons (Fsp3) is 0.500. The Bertz CT molecular complexity index is 4170. The maximum Gasteiger partial charge on any atom is 0.472 e. The predicted molar refractivity (Wildman–Crippen MR) is 291 cm³/mol. The lowest BCUT2D eigenvalue weighted by atomic mass is 10.1. The number of aliphatic hydroxyl groups excluding tert-OH is 6. The molecule has 12 heterocycles. The van der Waals surface area contributed by atoms with Gasteiger partial charge in [-0.05, 0) is 0 Å². The molecule has 46 nitrogen and oxygen atoms in total. The number of aromatic nitrogens is 16. The van der Waals surface area contributed by atoms with Crippen molar-refractivity contribution < 1.29 is 105 Å². The van der Waals surface area contributed by atoms with Gasteiger partial charge in [-0.1, -0.05) is 0 Å². The Hall–Kier alpha value is -7.47. The summed E-state index contributed by atoms with van der Waals surface area (Å²) in [5.74, 6) is -2.12. The molecule has 8 aromatic rings. The number of ether oxygens (including phenoxy) is 4. The van der Waals surface area contributed by atoms with Crippen molar-refractivity contribution in [3.05, 3.63) is 25.3 Å². The van der Waals surface area contributed by atoms with Crippen LogP contribution in [0.2, 0.25) is 0 Å². The van der Waals surface area contributed by atoms with Gasteiger partial charge in [-0.25, -0.2) is 73.5 Å². The highest BCUT2D eigenvalue weighted by Gasteiger charge is 2.56. The summed E-state index contributed by atoms with van der Waals surface area (Å²) < 4.78 is 102. The van der Waals surface area contributed by atoms with Crippen molar-refractivity contribution in [1.29, 1.82) is 0 Å². The van der Waals surface area contributed by atoms with Gasteiger partial charge < -0.3 is 110 Å². The van der Waals surface area contributed by atoms with Crippen LogP contribution in [-0.4, -0.2) is 223 Å². The highest BCUT2D eigenvalue weighted by atomic mass is 31.2. The first-order chi connectivity index (χ1) is 42.2. The largest absolute Gasteiger partial charge is 0.472 e. The predicted octanol–water partition coefficient (Wildman–Crippen LogP) is -6.10. The van der Waals surface area contributed by atoms with E-state index in [-0.39, 0.29) is 79.8 Å². The molecule has 0 spiro atoms. The van der Waals surface area contributed by atoms with Crippen molar-refractivity contribution in [3.63, 3.8) is 0 Å². The Morgan fingerprint density at radius 2 is 0.652 bits per heavy atom. The number of phosphoric ester groups is 3. The van der Waals surface area contributed by atoms with Gasteiger partial charge in [0, 0.05) is 0 Å². The number of nitrogen functional groups attached to an aromatic ring is 8. The standard InChI is InChI=1S/C40H53N24O22P3/c41-25-13-29(53-5-49-25)61(37(45)57-13)33-21(70)17(66)10(81-33)2-77-87(71,72)85-23-19(68)12(83-35(23)63-31-15(59-39(63)47)27(43)51-7-55-31)4-79-89(75,76)86-24-20(69)11(82-36(24)64-32-16(60-40(64)48)28(44)52-8-56-32)3-78-88(73,74)84-22-18(67)9(1-65)80-34(22)62-30-14(58-38(62)46)26(42)50-6-54-30/h5-12,17-24,33-36,65-70H,1-4H2,(H2,45,57)(H2,46,58)(H2,47,59)(H2,48,60)(H,71,72)(H,73,74)(H,75,76)(H2,41,49,53)(H2,42,50,54)(H2,43,51,55)(H2,44,52,56)/t9-,10-,11-,12-,17-,18-,19-,20-,21-,22-,23-,24-,33-,34-,35-,36-/m1/s1. The van der Waals surface area contributed by atoms with Gasteiger partial charge in [0.25, 0.3) is 0 Å². The second kappa shape index (κ2) is 23.1. The molecule has 8 aromatic heterocycles. The molecular formula is C40H53N24O22P3. The van der Waals surface area contributed by atoms with E-state index in [1.165, 1.54) is 0 Å². The number of hydrogen-bond acceptors (Lipinski definition) is 39. The topological polar surface area (TPSA) is 708 Å². The van der Waals surface area contributed by atoms with Crippen LogP contribution in [0.25, 0.3) is 44.7 Å². The Morgan fingerprint density at radius 3 is 0.955 bits per heavy atom. The summed E-state index contributed by atoms with van der Waals surface area (Å²) >= 11 is 0. The van der Waals surface area contributed by atoms with Gasteiger partial charge in [-0.3, -0.25) is 45.4 Å². The lowest BCUT2D eigenvalue weighted by Crippen LogP contribution is -2.37. The van der Waals surface area contributed by atoms with E-state index in [0.717, 1.165) is 43.6 Å². The van der Waals surface area contributed by atoms with Gasteiger partial charge in [0.05, 0.1) is 26.4 Å². The van der Waals surface area contributed by atoms with E-state index in [9.17, 15) is 59.0 Å². The lowest BCUT2D eigenvalue weighted by Gasteiger charge is -2.26. The Morgan fingerprint density at radius 1 is 0.393 bits per heavy atom. The SMILES string of the molecule is Nc1ncnc2c1nc(N)n2[C@@H]1O[C@H](COP(=O)(O)O[C@@H]2[C@H](O)[C@@H](COP(=O)(O)O[C@@H]3[C@H](O)[C@@H](COP(=O)(O)O[C@@H]4[C@H](O)[C@@H](CO)O[C@H]4n4c(N)nc5c(N)ncnc54)O[C@H]3n3c(N)nc4c(N)ncnc43)O[C@H]2n2c(N)nc3c(N)ncnc32)[C@@H](O)[C@H]1O. The normalized spacial score (nSPS) is 31.1. The van der Waals surface area contributed by atoms with Gasteiger partial charge in [0.1, 0.15) is 98.6 Å². The average Bonchev–Trinajstić information content (AvgIpc) is 1.82. The van der Waals surface area contributed by atoms with Crippen molar-refractivity contribution in [3.8, 4) is 0 Å². The van der Waals surface area contributed by atoms with Crippen LogP contribution in [0, 0.1) is 0 Å². The molecule has 0 aromatic carbocycles. The number of fused-ring (bicyclic) bond motifs is 4. The molecular weight excluding hydrogens is 1260 g/mol. The van der Waals surface area contributed by atoms with Crippen molar-refractivity contribution in [2.45, 2.75) is 98.2 Å². The van der Waals surface area contributed by atoms with Gasteiger partial charge in [-0.15, -0.1) is 0 Å².